The van der Waals surface area contributed by atoms with Gasteiger partial charge >= 0.3 is 11.8 Å². The number of nitro groups is 1. The van der Waals surface area contributed by atoms with E-state index in [1.165, 1.54) is 23.9 Å². The van der Waals surface area contributed by atoms with Crippen LogP contribution in [0.15, 0.2) is 42.6 Å². The molecular weight excluding hydrogens is 437 g/mol. The van der Waals surface area contributed by atoms with Crippen molar-refractivity contribution in [3.63, 3.8) is 0 Å². The van der Waals surface area contributed by atoms with E-state index < -0.39 is 10.5 Å². The summed E-state index contributed by atoms with van der Waals surface area (Å²) in [5, 5.41) is 10.9. The number of fused-ring (bicyclic) bond motifs is 2. The second-order valence-electron chi connectivity index (χ2n) is 8.09. The molecule has 0 amide bonds. The van der Waals surface area contributed by atoms with Gasteiger partial charge in [-0.2, -0.15) is 0 Å². The SMILES string of the molecule is CC.CC.C[C@]1(CN2CCc3nc(-c4ccc(F)cc4)ccc3C2)Cn2cc([N+](=O)[O-])nc2O1. The number of halogens is 1. The van der Waals surface area contributed by atoms with Crippen molar-refractivity contribution in [1.82, 2.24) is 19.4 Å². The van der Waals surface area contributed by atoms with Crippen molar-refractivity contribution in [2.75, 3.05) is 13.1 Å². The summed E-state index contributed by atoms with van der Waals surface area (Å²) in [5.74, 6) is -0.450. The predicted molar refractivity (Wildman–Crippen MR) is 129 cm³/mol. The molecule has 0 radical (unpaired) electrons. The first-order valence-corrected chi connectivity index (χ1v) is 11.8. The van der Waals surface area contributed by atoms with Crippen LogP contribution in [-0.2, 0) is 19.5 Å². The fourth-order valence-corrected chi connectivity index (χ4v) is 4.23. The summed E-state index contributed by atoms with van der Waals surface area (Å²) < 4.78 is 20.8. The molecule has 9 heteroatoms. The molecule has 2 aliphatic rings. The first kappa shape index (κ1) is 25.3. The minimum atomic E-state index is -0.513. The lowest BCUT2D eigenvalue weighted by molar-refractivity contribution is -0.389. The quantitative estimate of drug-likeness (QED) is 0.383. The molecule has 0 saturated carbocycles. The van der Waals surface area contributed by atoms with E-state index in [4.69, 9.17) is 9.72 Å². The van der Waals surface area contributed by atoms with E-state index in [2.05, 4.69) is 16.0 Å². The van der Waals surface area contributed by atoms with Gasteiger partial charge in [-0.05, 0) is 47.7 Å². The molecule has 182 valence electrons. The molecular formula is C25H32FN5O3. The number of hydrogen-bond acceptors (Lipinski definition) is 6. The lowest BCUT2D eigenvalue weighted by Crippen LogP contribution is -2.46. The zero-order valence-corrected chi connectivity index (χ0v) is 20.4. The summed E-state index contributed by atoms with van der Waals surface area (Å²) in [7, 11) is 0. The van der Waals surface area contributed by atoms with Crippen molar-refractivity contribution in [3.05, 3.63) is 69.8 Å². The molecule has 5 rings (SSSR count). The van der Waals surface area contributed by atoms with Crippen LogP contribution in [0.2, 0.25) is 0 Å². The normalized spacial score (nSPS) is 18.4. The number of imidazole rings is 1. The number of nitrogens with zero attached hydrogens (tertiary/aromatic N) is 5. The summed E-state index contributed by atoms with van der Waals surface area (Å²) in [6.07, 6.45) is 2.24. The molecule has 34 heavy (non-hydrogen) atoms. The molecule has 0 fully saturated rings. The molecule has 2 aliphatic heterocycles. The highest BCUT2D eigenvalue weighted by atomic mass is 19.1. The monoisotopic (exact) mass is 469 g/mol. The van der Waals surface area contributed by atoms with Gasteiger partial charge in [-0.1, -0.05) is 33.8 Å². The highest BCUT2D eigenvalue weighted by Crippen LogP contribution is 2.32. The van der Waals surface area contributed by atoms with Crippen molar-refractivity contribution in [3.8, 4) is 17.3 Å². The molecule has 3 aromatic rings. The van der Waals surface area contributed by atoms with Crippen LogP contribution in [0.1, 0.15) is 45.9 Å². The Morgan fingerprint density at radius 2 is 1.82 bits per heavy atom. The Bertz CT molecular complexity index is 1110. The average Bonchev–Trinajstić information content (AvgIpc) is 3.37. The van der Waals surface area contributed by atoms with E-state index in [1.54, 1.807) is 16.7 Å². The van der Waals surface area contributed by atoms with Crippen LogP contribution >= 0.6 is 0 Å². The maximum atomic E-state index is 13.2. The van der Waals surface area contributed by atoms with Gasteiger partial charge in [0.1, 0.15) is 17.6 Å². The molecule has 1 aromatic carbocycles. The van der Waals surface area contributed by atoms with Gasteiger partial charge in [-0.15, -0.1) is 0 Å². The van der Waals surface area contributed by atoms with Crippen LogP contribution in [0.25, 0.3) is 11.3 Å². The summed E-state index contributed by atoms with van der Waals surface area (Å²) in [6.45, 7) is 12.8. The maximum absolute atomic E-state index is 13.2. The minimum absolute atomic E-state index is 0.193. The molecule has 0 saturated heterocycles. The third-order valence-corrected chi connectivity index (χ3v) is 5.58. The Labute approximate surface area is 199 Å². The van der Waals surface area contributed by atoms with Crippen LogP contribution in [0.5, 0.6) is 6.01 Å². The summed E-state index contributed by atoms with van der Waals surface area (Å²) in [4.78, 5) is 21.4. The van der Waals surface area contributed by atoms with Crippen molar-refractivity contribution < 1.29 is 14.1 Å². The molecule has 1 atom stereocenters. The summed E-state index contributed by atoms with van der Waals surface area (Å²) in [5.41, 5.74) is 3.49. The number of hydrogen-bond donors (Lipinski definition) is 0. The minimum Gasteiger partial charge on any atom is -0.436 e. The number of aromatic nitrogens is 3. The van der Waals surface area contributed by atoms with Gasteiger partial charge in [0.15, 0.2) is 0 Å². The van der Waals surface area contributed by atoms with Crippen molar-refractivity contribution >= 4 is 5.82 Å². The van der Waals surface area contributed by atoms with Crippen molar-refractivity contribution in [2.45, 2.75) is 59.7 Å². The first-order valence-electron chi connectivity index (χ1n) is 11.8. The van der Waals surface area contributed by atoms with Gasteiger partial charge in [0, 0.05) is 42.3 Å². The van der Waals surface area contributed by atoms with Crippen LogP contribution in [-0.4, -0.2) is 43.0 Å². The smallest absolute Gasteiger partial charge is 0.415 e. The van der Waals surface area contributed by atoms with E-state index in [0.29, 0.717) is 19.1 Å². The highest BCUT2D eigenvalue weighted by Gasteiger charge is 2.41. The Balaban J connectivity index is 0.000000771. The molecule has 4 heterocycles. The number of pyridine rings is 1. The van der Waals surface area contributed by atoms with Crippen LogP contribution < -0.4 is 4.74 Å². The molecule has 0 spiro atoms. The Morgan fingerprint density at radius 3 is 2.47 bits per heavy atom. The zero-order chi connectivity index (χ0) is 24.9. The Kier molecular flexibility index (Phi) is 7.98. The van der Waals surface area contributed by atoms with Crippen LogP contribution in [0, 0.1) is 15.9 Å². The fraction of sp³-hybridized carbons (Fsp3) is 0.440. The fourth-order valence-electron chi connectivity index (χ4n) is 4.23. The number of benzene rings is 1. The van der Waals surface area contributed by atoms with E-state index in [0.717, 1.165) is 36.5 Å². The first-order chi connectivity index (χ1) is 16.4. The zero-order valence-electron chi connectivity index (χ0n) is 20.4. The van der Waals surface area contributed by atoms with Crippen LogP contribution in [0.3, 0.4) is 0 Å². The Morgan fingerprint density at radius 1 is 1.12 bits per heavy atom. The lowest BCUT2D eigenvalue weighted by Gasteiger charge is -2.34. The van der Waals surface area contributed by atoms with E-state index in [1.807, 2.05) is 40.7 Å². The summed E-state index contributed by atoms with van der Waals surface area (Å²) in [6, 6.07) is 10.7. The topological polar surface area (TPSA) is 86.3 Å². The van der Waals surface area contributed by atoms with E-state index in [9.17, 15) is 14.5 Å². The van der Waals surface area contributed by atoms with Crippen LogP contribution in [0.4, 0.5) is 10.2 Å². The lowest BCUT2D eigenvalue weighted by atomic mass is 10.0. The molecule has 0 bridgehead atoms. The molecule has 2 aromatic heterocycles. The maximum Gasteiger partial charge on any atom is 0.415 e. The summed E-state index contributed by atoms with van der Waals surface area (Å²) >= 11 is 0. The third-order valence-electron chi connectivity index (χ3n) is 5.58. The highest BCUT2D eigenvalue weighted by molar-refractivity contribution is 5.59. The van der Waals surface area contributed by atoms with Gasteiger partial charge in [-0.25, -0.2) is 4.39 Å². The van der Waals surface area contributed by atoms with Gasteiger partial charge < -0.3 is 14.9 Å². The van der Waals surface area contributed by atoms with Gasteiger partial charge in [0.25, 0.3) is 0 Å². The van der Waals surface area contributed by atoms with Gasteiger partial charge in [-0.3, -0.25) is 14.5 Å². The van der Waals surface area contributed by atoms with E-state index >= 15 is 0 Å². The van der Waals surface area contributed by atoms with Gasteiger partial charge in [0.05, 0.1) is 12.2 Å². The average molecular weight is 470 g/mol. The van der Waals surface area contributed by atoms with Crippen molar-refractivity contribution in [2.24, 2.45) is 0 Å². The Hall–Kier alpha value is -3.33. The molecule has 8 nitrogen and oxygen atoms in total. The second-order valence-corrected chi connectivity index (χ2v) is 8.09. The largest absolute Gasteiger partial charge is 0.436 e. The molecule has 0 unspecified atom stereocenters. The molecule has 0 aliphatic carbocycles. The van der Waals surface area contributed by atoms with Gasteiger partial charge in [0.2, 0.25) is 0 Å². The predicted octanol–water partition coefficient (Wildman–Crippen LogP) is 5.25. The molecule has 0 N–H and O–H groups in total. The number of ether oxygens (including phenoxy) is 1. The number of rotatable bonds is 4. The second kappa shape index (κ2) is 10.7. The standard InChI is InChI=1S/C21H20FN5O3.2C2H6/c1-21(13-26-11-19(27(28)29)24-20(26)30-21)12-25-9-8-18-15(10-25)4-7-17(23-18)14-2-5-16(22)6-3-14;2*1-2/h2-7,11H,8-10,12-13H2,1H3;2*1-2H3/t21-;;/m0../s1. The van der Waals surface area contributed by atoms with Crippen molar-refractivity contribution in [1.29, 1.82) is 0 Å². The third kappa shape index (κ3) is 5.41. The van der Waals surface area contributed by atoms with E-state index in [-0.39, 0.29) is 11.6 Å².